The minimum atomic E-state index is -1.07. The van der Waals surface area contributed by atoms with Crippen LogP contribution in [0.2, 0.25) is 0 Å². The molecule has 38 heavy (non-hydrogen) atoms. The summed E-state index contributed by atoms with van der Waals surface area (Å²) in [7, 11) is 1.50. The summed E-state index contributed by atoms with van der Waals surface area (Å²) in [6.07, 6.45) is 6.09. The predicted molar refractivity (Wildman–Crippen MR) is 155 cm³/mol. The number of rotatable bonds is 9. The highest BCUT2D eigenvalue weighted by molar-refractivity contribution is 14.1. The van der Waals surface area contributed by atoms with Crippen molar-refractivity contribution in [2.75, 3.05) is 13.7 Å². The van der Waals surface area contributed by atoms with Gasteiger partial charge in [0.05, 0.1) is 29.1 Å². The van der Waals surface area contributed by atoms with E-state index in [0.717, 1.165) is 30.4 Å². The Morgan fingerprint density at radius 1 is 1.34 bits per heavy atom. The summed E-state index contributed by atoms with van der Waals surface area (Å²) < 4.78 is 16.9. The second kappa shape index (κ2) is 11.9. The van der Waals surface area contributed by atoms with Gasteiger partial charge in [0.15, 0.2) is 18.1 Å². The average molecular weight is 651 g/mol. The minimum absolute atomic E-state index is 0.162. The Hall–Kier alpha value is -2.86. The molecule has 0 aliphatic heterocycles. The maximum Gasteiger partial charge on any atom is 0.341 e. The summed E-state index contributed by atoms with van der Waals surface area (Å²) in [4.78, 5) is 30.3. The Balaban J connectivity index is 1.66. The van der Waals surface area contributed by atoms with Crippen molar-refractivity contribution in [3.05, 3.63) is 61.4 Å². The van der Waals surface area contributed by atoms with E-state index in [2.05, 4.69) is 48.7 Å². The number of hydrogen-bond donors (Lipinski definition) is 2. The first-order valence-electron chi connectivity index (χ1n) is 12.3. The summed E-state index contributed by atoms with van der Waals surface area (Å²) in [6, 6.07) is 7.20. The number of nitrogens with zero attached hydrogens (tertiary/aromatic N) is 1. The fraction of sp³-hybridized carbons (Fsp3) is 0.393. The van der Waals surface area contributed by atoms with E-state index in [0.29, 0.717) is 43.9 Å². The molecule has 10 heteroatoms. The third-order valence-electron chi connectivity index (χ3n) is 6.62. The molecule has 1 aromatic carbocycles. The van der Waals surface area contributed by atoms with Gasteiger partial charge < -0.3 is 24.3 Å². The third kappa shape index (κ3) is 6.58. The number of aliphatic carboxylic acids is 1. The topological polar surface area (TPSA) is 110 Å². The molecule has 202 valence electrons. The van der Waals surface area contributed by atoms with Gasteiger partial charge in [-0.3, -0.25) is 4.79 Å². The van der Waals surface area contributed by atoms with Crippen molar-refractivity contribution >= 4 is 57.0 Å². The van der Waals surface area contributed by atoms with E-state index in [-0.39, 0.29) is 11.3 Å². The van der Waals surface area contributed by atoms with Crippen LogP contribution in [-0.4, -0.2) is 36.9 Å². The fourth-order valence-electron chi connectivity index (χ4n) is 4.53. The SMILES string of the molecule is COc1cc(C=Nc2sc3c(c2C(=O)NCc2ccco2)CC[C@H](C(C)(C)C)C3)cc(I)c1OCC(=O)O. The maximum absolute atomic E-state index is 13.4. The lowest BCUT2D eigenvalue weighted by Gasteiger charge is -2.33. The molecular weight excluding hydrogens is 619 g/mol. The lowest BCUT2D eigenvalue weighted by Crippen LogP contribution is -2.28. The molecule has 3 aromatic rings. The maximum atomic E-state index is 13.4. The first kappa shape index (κ1) is 28.2. The quantitative estimate of drug-likeness (QED) is 0.209. The molecule has 0 bridgehead atoms. The smallest absolute Gasteiger partial charge is 0.341 e. The van der Waals surface area contributed by atoms with Crippen molar-refractivity contribution in [3.63, 3.8) is 0 Å². The van der Waals surface area contributed by atoms with Gasteiger partial charge in [-0.15, -0.1) is 11.3 Å². The zero-order valence-corrected chi connectivity index (χ0v) is 24.8. The van der Waals surface area contributed by atoms with Gasteiger partial charge in [-0.1, -0.05) is 20.8 Å². The number of carbonyl (C=O) groups excluding carboxylic acids is 1. The number of carbonyl (C=O) groups is 2. The van der Waals surface area contributed by atoms with Gasteiger partial charge in [0, 0.05) is 11.1 Å². The van der Waals surface area contributed by atoms with E-state index in [9.17, 15) is 9.59 Å². The van der Waals surface area contributed by atoms with Crippen LogP contribution in [0.25, 0.3) is 0 Å². The van der Waals surface area contributed by atoms with Crippen LogP contribution in [0, 0.1) is 14.9 Å². The monoisotopic (exact) mass is 650 g/mol. The van der Waals surface area contributed by atoms with Crippen LogP contribution in [0.3, 0.4) is 0 Å². The molecule has 0 spiro atoms. The number of benzene rings is 1. The predicted octanol–water partition coefficient (Wildman–Crippen LogP) is 6.25. The number of hydrogen-bond acceptors (Lipinski definition) is 7. The highest BCUT2D eigenvalue weighted by atomic mass is 127. The van der Waals surface area contributed by atoms with Crippen LogP contribution in [0.5, 0.6) is 11.5 Å². The van der Waals surface area contributed by atoms with Gasteiger partial charge in [-0.05, 0) is 88.6 Å². The molecule has 0 saturated heterocycles. The van der Waals surface area contributed by atoms with E-state index in [1.807, 2.05) is 12.1 Å². The number of aliphatic imine (C=N–C) groups is 1. The van der Waals surface area contributed by atoms with Crippen LogP contribution >= 0.6 is 33.9 Å². The Kier molecular flexibility index (Phi) is 8.81. The number of ether oxygens (including phenoxy) is 2. The Bertz CT molecular complexity index is 1340. The summed E-state index contributed by atoms with van der Waals surface area (Å²) in [5.74, 6) is 0.771. The largest absolute Gasteiger partial charge is 0.493 e. The van der Waals surface area contributed by atoms with Crippen LogP contribution in [0.15, 0.2) is 39.9 Å². The van der Waals surface area contributed by atoms with Crippen LogP contribution in [0.1, 0.15) is 59.3 Å². The normalized spacial score (nSPS) is 15.3. The second-order valence-corrected chi connectivity index (χ2v) is 12.5. The summed E-state index contributed by atoms with van der Waals surface area (Å²) in [6.45, 7) is 6.64. The molecule has 1 atom stereocenters. The molecule has 0 fully saturated rings. The summed E-state index contributed by atoms with van der Waals surface area (Å²) >= 11 is 3.65. The average Bonchev–Trinajstić information content (AvgIpc) is 3.51. The zero-order chi connectivity index (χ0) is 27.4. The lowest BCUT2D eigenvalue weighted by atomic mass is 9.72. The summed E-state index contributed by atoms with van der Waals surface area (Å²) in [5, 5.41) is 12.6. The van der Waals surface area contributed by atoms with Crippen molar-refractivity contribution in [1.82, 2.24) is 5.32 Å². The first-order valence-corrected chi connectivity index (χ1v) is 14.2. The first-order chi connectivity index (χ1) is 18.1. The lowest BCUT2D eigenvalue weighted by molar-refractivity contribution is -0.139. The number of thiophene rings is 1. The van der Waals surface area contributed by atoms with Crippen LogP contribution in [-0.2, 0) is 24.2 Å². The van der Waals surface area contributed by atoms with E-state index in [1.165, 1.54) is 12.0 Å². The Labute approximate surface area is 239 Å². The molecule has 2 aromatic heterocycles. The minimum Gasteiger partial charge on any atom is -0.493 e. The van der Waals surface area contributed by atoms with Crippen molar-refractivity contribution in [3.8, 4) is 11.5 Å². The molecule has 0 radical (unpaired) electrons. The van der Waals surface area contributed by atoms with Gasteiger partial charge in [0.25, 0.3) is 5.91 Å². The molecule has 8 nitrogen and oxygen atoms in total. The number of nitrogens with one attached hydrogen (secondary N) is 1. The molecule has 0 unspecified atom stereocenters. The molecule has 2 heterocycles. The van der Waals surface area contributed by atoms with Crippen molar-refractivity contribution in [2.45, 2.75) is 46.6 Å². The van der Waals surface area contributed by atoms with Gasteiger partial charge in [0.2, 0.25) is 0 Å². The van der Waals surface area contributed by atoms with Gasteiger partial charge in [0.1, 0.15) is 10.8 Å². The number of carboxylic acid groups (broad SMARTS) is 1. The highest BCUT2D eigenvalue weighted by Crippen LogP contribution is 2.45. The molecule has 4 rings (SSSR count). The molecule has 2 N–H and O–H groups in total. The van der Waals surface area contributed by atoms with Crippen LogP contribution in [0.4, 0.5) is 5.00 Å². The fourth-order valence-corrected chi connectivity index (χ4v) is 6.58. The highest BCUT2D eigenvalue weighted by Gasteiger charge is 2.33. The van der Waals surface area contributed by atoms with Gasteiger partial charge in [-0.2, -0.15) is 0 Å². The number of amides is 1. The number of carboxylic acids is 1. The Morgan fingerprint density at radius 2 is 2.13 bits per heavy atom. The molecule has 1 amide bonds. The zero-order valence-electron chi connectivity index (χ0n) is 21.8. The van der Waals surface area contributed by atoms with Gasteiger partial charge >= 0.3 is 5.97 Å². The van der Waals surface area contributed by atoms with E-state index in [1.54, 1.807) is 35.9 Å². The number of halogens is 1. The molecule has 1 aliphatic carbocycles. The molecule has 1 aliphatic rings. The Morgan fingerprint density at radius 3 is 2.79 bits per heavy atom. The van der Waals surface area contributed by atoms with E-state index >= 15 is 0 Å². The van der Waals surface area contributed by atoms with E-state index < -0.39 is 12.6 Å². The van der Waals surface area contributed by atoms with Crippen molar-refractivity contribution in [1.29, 1.82) is 0 Å². The number of furan rings is 1. The van der Waals surface area contributed by atoms with Gasteiger partial charge in [-0.25, -0.2) is 9.79 Å². The van der Waals surface area contributed by atoms with E-state index in [4.69, 9.17) is 24.0 Å². The third-order valence-corrected chi connectivity index (χ3v) is 8.59. The summed E-state index contributed by atoms with van der Waals surface area (Å²) in [5.41, 5.74) is 2.65. The number of methoxy groups -OCH3 is 1. The number of fused-ring (bicyclic) bond motifs is 1. The van der Waals surface area contributed by atoms with Crippen molar-refractivity contribution < 1.29 is 28.6 Å². The van der Waals surface area contributed by atoms with Crippen molar-refractivity contribution in [2.24, 2.45) is 16.3 Å². The second-order valence-electron chi connectivity index (χ2n) is 10.2. The van der Waals surface area contributed by atoms with Crippen LogP contribution < -0.4 is 14.8 Å². The standard InChI is InChI=1S/C28H31IN2O6S/c1-28(2,3)17-7-8-19-22(12-17)38-27(24(19)26(34)30-14-18-6-5-9-36-18)31-13-16-10-20(29)25(21(11-16)35-4)37-15-23(32)33/h5-6,9-11,13,17H,7-8,12,14-15H2,1-4H3,(H,30,34)(H,32,33)/t17-/m0/s1. The molecule has 0 saturated carbocycles. The molecular formula is C28H31IN2O6S.